The van der Waals surface area contributed by atoms with E-state index in [0.29, 0.717) is 24.0 Å². The Kier molecular flexibility index (Phi) is 6.58. The molecule has 2 aliphatic rings. The molecule has 4 rings (SSSR count). The number of thioether (sulfide) groups is 1. The summed E-state index contributed by atoms with van der Waals surface area (Å²) < 4.78 is 7.84. The molecule has 3 heterocycles. The molecule has 2 saturated heterocycles. The number of nitrogens with one attached hydrogen (secondary N) is 1. The van der Waals surface area contributed by atoms with Gasteiger partial charge in [-0.25, -0.2) is 4.98 Å². The van der Waals surface area contributed by atoms with E-state index in [1.54, 1.807) is 6.07 Å². The number of nitrogens with zero attached hydrogens (tertiary/aromatic N) is 3. The molecule has 9 heteroatoms. The number of carbonyl (C=O) groups excluding carboxylic acids is 1. The van der Waals surface area contributed by atoms with Gasteiger partial charge in [0, 0.05) is 48.4 Å². The molecule has 0 radical (unpaired) electrons. The Bertz CT molecular complexity index is 939. The fraction of sp³-hybridized carbons (Fsp3) is 0.550. The van der Waals surface area contributed by atoms with Gasteiger partial charge in [0.1, 0.15) is 0 Å². The molecule has 1 unspecified atom stereocenters. The smallest absolute Gasteiger partial charge is 0.261 e. The van der Waals surface area contributed by atoms with Crippen LogP contribution in [-0.4, -0.2) is 70.3 Å². The number of fused-ring (bicyclic) bond motifs is 1. The predicted molar refractivity (Wildman–Crippen MR) is 118 cm³/mol. The molecule has 156 valence electrons. The quantitative estimate of drug-likeness (QED) is 0.679. The Balaban J connectivity index is 1.37. The first-order valence-electron chi connectivity index (χ1n) is 9.89. The summed E-state index contributed by atoms with van der Waals surface area (Å²) in [7, 11) is 0. The van der Waals surface area contributed by atoms with Crippen molar-refractivity contribution in [3.63, 3.8) is 0 Å². The van der Waals surface area contributed by atoms with E-state index >= 15 is 0 Å². The molecule has 0 aliphatic carbocycles. The molecule has 0 bridgehead atoms. The maximum Gasteiger partial charge on any atom is 0.261 e. The van der Waals surface area contributed by atoms with Crippen LogP contribution in [0.15, 0.2) is 33.8 Å². The molecule has 1 N–H and O–H groups in total. The SMILES string of the molecule is O=C(CCn1cnc2ccc(Br)cc2c1=O)NCC1(N2CCOCC2)CCSC1. The van der Waals surface area contributed by atoms with Crippen LogP contribution < -0.4 is 10.9 Å². The average molecular weight is 481 g/mol. The number of amides is 1. The second-order valence-corrected chi connectivity index (χ2v) is 9.58. The number of rotatable bonds is 6. The molecule has 1 amide bonds. The summed E-state index contributed by atoms with van der Waals surface area (Å²) in [6.07, 6.45) is 2.86. The van der Waals surface area contributed by atoms with E-state index < -0.39 is 0 Å². The number of benzene rings is 1. The number of hydrogen-bond acceptors (Lipinski definition) is 6. The first kappa shape index (κ1) is 20.8. The minimum absolute atomic E-state index is 0.0255. The standard InChI is InChI=1S/C20H25BrN4O3S/c21-15-1-2-17-16(11-15)19(27)24(14-23-17)5-3-18(26)22-12-20(4-10-29-13-20)25-6-8-28-9-7-25/h1-2,11,14H,3-10,12-13H2,(H,22,26). The summed E-state index contributed by atoms with van der Waals surface area (Å²) in [5.74, 6) is 2.13. The largest absolute Gasteiger partial charge is 0.379 e. The molecule has 2 fully saturated rings. The van der Waals surface area contributed by atoms with Gasteiger partial charge in [-0.3, -0.25) is 19.1 Å². The molecule has 1 aromatic heterocycles. The molecule has 0 spiro atoms. The summed E-state index contributed by atoms with van der Waals surface area (Å²) in [4.78, 5) is 32.0. The zero-order valence-electron chi connectivity index (χ0n) is 16.2. The molecule has 2 aromatic rings. The molecular weight excluding hydrogens is 456 g/mol. The van der Waals surface area contributed by atoms with Crippen LogP contribution in [-0.2, 0) is 16.1 Å². The van der Waals surface area contributed by atoms with Crippen LogP contribution in [0.4, 0.5) is 0 Å². The maximum atomic E-state index is 12.7. The van der Waals surface area contributed by atoms with Crippen molar-refractivity contribution in [2.45, 2.75) is 24.9 Å². The third-order valence-corrected chi connectivity index (χ3v) is 7.47. The summed E-state index contributed by atoms with van der Waals surface area (Å²) in [6.45, 7) is 4.33. The Morgan fingerprint density at radius 3 is 2.93 bits per heavy atom. The number of ether oxygens (including phenoxy) is 1. The minimum atomic E-state index is -0.124. The van der Waals surface area contributed by atoms with E-state index in [2.05, 4.69) is 31.1 Å². The number of hydrogen-bond donors (Lipinski definition) is 1. The van der Waals surface area contributed by atoms with E-state index in [9.17, 15) is 9.59 Å². The third kappa shape index (κ3) is 4.68. The fourth-order valence-electron chi connectivity index (χ4n) is 4.00. The number of carbonyl (C=O) groups is 1. The monoisotopic (exact) mass is 480 g/mol. The summed E-state index contributed by atoms with van der Waals surface area (Å²) in [5.41, 5.74) is 0.559. The van der Waals surface area contributed by atoms with E-state index in [-0.39, 0.29) is 23.4 Å². The van der Waals surface area contributed by atoms with Gasteiger partial charge in [-0.15, -0.1) is 0 Å². The maximum absolute atomic E-state index is 12.7. The lowest BCUT2D eigenvalue weighted by molar-refractivity contribution is -0.122. The number of morpholine rings is 1. The van der Waals surface area contributed by atoms with Crippen LogP contribution >= 0.6 is 27.7 Å². The first-order valence-corrected chi connectivity index (χ1v) is 11.8. The second-order valence-electron chi connectivity index (χ2n) is 7.56. The Morgan fingerprint density at radius 2 is 2.17 bits per heavy atom. The van der Waals surface area contributed by atoms with Gasteiger partial charge in [-0.05, 0) is 30.4 Å². The Labute approximate surface area is 182 Å². The normalized spacial score (nSPS) is 22.8. The zero-order valence-corrected chi connectivity index (χ0v) is 18.6. The average Bonchev–Trinajstić information content (AvgIpc) is 3.23. The second kappa shape index (κ2) is 9.16. The van der Waals surface area contributed by atoms with Gasteiger partial charge in [-0.2, -0.15) is 11.8 Å². The van der Waals surface area contributed by atoms with Crippen LogP contribution in [0.2, 0.25) is 0 Å². The lowest BCUT2D eigenvalue weighted by atomic mass is 9.95. The highest BCUT2D eigenvalue weighted by Gasteiger charge is 2.40. The van der Waals surface area contributed by atoms with E-state index in [1.165, 1.54) is 10.9 Å². The fourth-order valence-corrected chi connectivity index (χ4v) is 5.84. The molecule has 0 saturated carbocycles. The topological polar surface area (TPSA) is 76.5 Å². The number of aryl methyl sites for hydroxylation is 1. The summed E-state index contributed by atoms with van der Waals surface area (Å²) in [5, 5.41) is 3.67. The lowest BCUT2D eigenvalue weighted by Gasteiger charge is -2.43. The molecule has 1 aromatic carbocycles. The van der Waals surface area contributed by atoms with E-state index in [4.69, 9.17) is 4.74 Å². The van der Waals surface area contributed by atoms with Crippen molar-refractivity contribution >= 4 is 44.5 Å². The number of halogens is 1. The van der Waals surface area contributed by atoms with Gasteiger partial charge < -0.3 is 10.1 Å². The molecule has 29 heavy (non-hydrogen) atoms. The highest BCUT2D eigenvalue weighted by molar-refractivity contribution is 9.10. The van der Waals surface area contributed by atoms with E-state index in [0.717, 1.165) is 48.7 Å². The van der Waals surface area contributed by atoms with Gasteiger partial charge in [0.05, 0.1) is 30.4 Å². The van der Waals surface area contributed by atoms with Crippen molar-refractivity contribution in [3.05, 3.63) is 39.4 Å². The van der Waals surface area contributed by atoms with E-state index in [1.807, 2.05) is 23.9 Å². The molecule has 2 aliphatic heterocycles. The highest BCUT2D eigenvalue weighted by atomic mass is 79.9. The van der Waals surface area contributed by atoms with Crippen LogP contribution in [0, 0.1) is 0 Å². The minimum Gasteiger partial charge on any atom is -0.379 e. The van der Waals surface area contributed by atoms with Crippen molar-refractivity contribution in [2.24, 2.45) is 0 Å². The lowest BCUT2D eigenvalue weighted by Crippen LogP contribution is -2.59. The van der Waals surface area contributed by atoms with Gasteiger partial charge in [-0.1, -0.05) is 15.9 Å². The van der Waals surface area contributed by atoms with Gasteiger partial charge in [0.15, 0.2) is 0 Å². The van der Waals surface area contributed by atoms with Crippen molar-refractivity contribution in [2.75, 3.05) is 44.4 Å². The van der Waals surface area contributed by atoms with Gasteiger partial charge in [0.2, 0.25) is 5.91 Å². The van der Waals surface area contributed by atoms with Crippen molar-refractivity contribution in [1.82, 2.24) is 19.8 Å². The van der Waals surface area contributed by atoms with Crippen molar-refractivity contribution in [1.29, 1.82) is 0 Å². The van der Waals surface area contributed by atoms with Crippen LogP contribution in [0.25, 0.3) is 10.9 Å². The summed E-state index contributed by atoms with van der Waals surface area (Å²) in [6, 6.07) is 5.44. The molecule has 1 atom stereocenters. The van der Waals surface area contributed by atoms with Gasteiger partial charge >= 0.3 is 0 Å². The summed E-state index contributed by atoms with van der Waals surface area (Å²) >= 11 is 5.34. The van der Waals surface area contributed by atoms with Crippen molar-refractivity contribution in [3.8, 4) is 0 Å². The van der Waals surface area contributed by atoms with Crippen molar-refractivity contribution < 1.29 is 9.53 Å². The zero-order chi connectivity index (χ0) is 20.3. The molecule has 7 nitrogen and oxygen atoms in total. The van der Waals surface area contributed by atoms with Crippen LogP contribution in [0.3, 0.4) is 0 Å². The van der Waals surface area contributed by atoms with Gasteiger partial charge in [0.25, 0.3) is 5.56 Å². The Morgan fingerprint density at radius 1 is 1.34 bits per heavy atom. The predicted octanol–water partition coefficient (Wildman–Crippen LogP) is 1.87. The first-order chi connectivity index (χ1) is 14.1. The van der Waals surface area contributed by atoms with Crippen LogP contribution in [0.1, 0.15) is 12.8 Å². The third-order valence-electron chi connectivity index (χ3n) is 5.74. The molecular formula is C20H25BrN4O3S. The van der Waals surface area contributed by atoms with Crippen LogP contribution in [0.5, 0.6) is 0 Å². The highest BCUT2D eigenvalue weighted by Crippen LogP contribution is 2.33. The number of aromatic nitrogens is 2. The Hall–Kier alpha value is -1.42.